The minimum absolute atomic E-state index is 0.0917. The van der Waals surface area contributed by atoms with Crippen molar-refractivity contribution in [2.24, 2.45) is 11.8 Å². The molecular weight excluding hydrogens is 564 g/mol. The van der Waals surface area contributed by atoms with Crippen molar-refractivity contribution < 1.29 is 29.0 Å². The van der Waals surface area contributed by atoms with E-state index in [0.717, 1.165) is 51.4 Å². The molecule has 2 amide bonds. The molecule has 8 nitrogen and oxygen atoms in total. The van der Waals surface area contributed by atoms with Crippen LogP contribution in [0.25, 0.3) is 0 Å². The van der Waals surface area contributed by atoms with E-state index < -0.39 is 35.6 Å². The van der Waals surface area contributed by atoms with Crippen LogP contribution in [0.5, 0.6) is 0 Å². The van der Waals surface area contributed by atoms with Crippen molar-refractivity contribution in [2.75, 3.05) is 26.3 Å². The summed E-state index contributed by atoms with van der Waals surface area (Å²) in [5.74, 6) is -2.17. The summed E-state index contributed by atoms with van der Waals surface area (Å²) in [7, 11) is 0. The molecular formula is C30H45BrN2O6. The smallest absolute Gasteiger partial charge is 0.312 e. The van der Waals surface area contributed by atoms with E-state index in [-0.39, 0.29) is 29.3 Å². The summed E-state index contributed by atoms with van der Waals surface area (Å²) in [4.78, 5) is 45.5. The van der Waals surface area contributed by atoms with Gasteiger partial charge in [0.15, 0.2) is 0 Å². The molecule has 1 aliphatic carbocycles. The van der Waals surface area contributed by atoms with E-state index in [4.69, 9.17) is 9.47 Å². The van der Waals surface area contributed by atoms with Gasteiger partial charge in [0, 0.05) is 30.6 Å². The molecule has 39 heavy (non-hydrogen) atoms. The number of unbranched alkanes of at least 4 members (excludes halogenated alkanes) is 4. The molecule has 1 spiro atoms. The first-order valence-corrected chi connectivity index (χ1v) is 15.7. The Morgan fingerprint density at radius 3 is 2.59 bits per heavy atom. The number of alkyl halides is 1. The SMILES string of the molecule is C=CCCCCOC(=O)[C@H]1[C@@H]2OC3(CC2Br)C(C(=O)N(CC=C)C2CCCCC2)N(CCCCCO)C(=O)[C@H]13. The third-order valence-electron chi connectivity index (χ3n) is 9.02. The lowest BCUT2D eigenvalue weighted by Crippen LogP contribution is -2.58. The van der Waals surface area contributed by atoms with Crippen LogP contribution >= 0.6 is 15.9 Å². The Hall–Kier alpha value is -1.71. The number of esters is 1. The number of hydrogen-bond acceptors (Lipinski definition) is 6. The fourth-order valence-corrected chi connectivity index (χ4v) is 8.20. The second kappa shape index (κ2) is 13.8. The van der Waals surface area contributed by atoms with Crippen LogP contribution in [0.3, 0.4) is 0 Å². The van der Waals surface area contributed by atoms with Crippen LogP contribution in [-0.4, -0.2) is 87.6 Å². The molecule has 0 radical (unpaired) electrons. The van der Waals surface area contributed by atoms with Gasteiger partial charge in [0.25, 0.3) is 0 Å². The number of ether oxygens (including phenoxy) is 2. The predicted octanol–water partition coefficient (Wildman–Crippen LogP) is 4.14. The lowest BCUT2D eigenvalue weighted by Gasteiger charge is -2.41. The van der Waals surface area contributed by atoms with Crippen molar-refractivity contribution in [2.45, 2.75) is 106 Å². The first-order chi connectivity index (χ1) is 18.9. The van der Waals surface area contributed by atoms with E-state index >= 15 is 0 Å². The highest BCUT2D eigenvalue weighted by Gasteiger charge is 2.77. The Bertz CT molecular complexity index is 908. The molecule has 4 fully saturated rings. The van der Waals surface area contributed by atoms with E-state index in [9.17, 15) is 19.5 Å². The molecule has 1 saturated carbocycles. The van der Waals surface area contributed by atoms with Crippen molar-refractivity contribution >= 4 is 33.7 Å². The van der Waals surface area contributed by atoms with Crippen LogP contribution in [0.1, 0.15) is 77.0 Å². The van der Waals surface area contributed by atoms with E-state index in [1.54, 1.807) is 11.0 Å². The fourth-order valence-electron chi connectivity index (χ4n) is 7.26. The summed E-state index contributed by atoms with van der Waals surface area (Å²) in [6, 6.07) is -0.679. The highest BCUT2D eigenvalue weighted by Crippen LogP contribution is 2.60. The second-order valence-corrected chi connectivity index (χ2v) is 12.7. The fraction of sp³-hybridized carbons (Fsp3) is 0.767. The number of fused-ring (bicyclic) bond motifs is 1. The zero-order chi connectivity index (χ0) is 28.0. The van der Waals surface area contributed by atoms with Crippen molar-refractivity contribution in [1.29, 1.82) is 0 Å². The number of halogens is 1. The Balaban J connectivity index is 1.62. The summed E-state index contributed by atoms with van der Waals surface area (Å²) >= 11 is 3.73. The van der Waals surface area contributed by atoms with Gasteiger partial charge in [-0.1, -0.05) is 47.3 Å². The van der Waals surface area contributed by atoms with Gasteiger partial charge in [-0.25, -0.2) is 0 Å². The average Bonchev–Trinajstić information content (AvgIpc) is 3.53. The minimum Gasteiger partial charge on any atom is -0.465 e. The number of likely N-dealkylation sites (tertiary alicyclic amines) is 1. The largest absolute Gasteiger partial charge is 0.465 e. The molecule has 3 aliphatic heterocycles. The van der Waals surface area contributed by atoms with Gasteiger partial charge in [-0.15, -0.1) is 13.2 Å². The molecule has 3 unspecified atom stereocenters. The standard InChI is InChI=1S/C30H45BrN2O6/c1-3-5-6-13-19-38-29(37)23-24-27(35)33(17-11-8-12-18-34)26(30(24)20-22(31)25(23)39-30)28(36)32(16-4-2)21-14-9-7-10-15-21/h3-4,21-26,34H,1-2,5-20H2/t22?,23-,24+,25-,26?,30?/m1/s1. The molecule has 0 aromatic rings. The quantitative estimate of drug-likeness (QED) is 0.130. The van der Waals surface area contributed by atoms with Gasteiger partial charge in [-0.05, 0) is 57.8 Å². The number of aliphatic hydroxyl groups excluding tert-OH is 1. The van der Waals surface area contributed by atoms with Gasteiger partial charge in [0.2, 0.25) is 11.8 Å². The molecule has 6 atom stereocenters. The van der Waals surface area contributed by atoms with E-state index in [2.05, 4.69) is 29.1 Å². The summed E-state index contributed by atoms with van der Waals surface area (Å²) in [5, 5.41) is 9.25. The Kier molecular flexibility index (Phi) is 10.7. The van der Waals surface area contributed by atoms with Gasteiger partial charge in [-0.3, -0.25) is 14.4 Å². The van der Waals surface area contributed by atoms with Crippen LogP contribution in [0.15, 0.2) is 25.3 Å². The third kappa shape index (κ3) is 6.01. The minimum atomic E-state index is -1.06. The lowest BCUT2D eigenvalue weighted by atomic mass is 9.70. The van der Waals surface area contributed by atoms with Crippen molar-refractivity contribution in [3.8, 4) is 0 Å². The molecule has 3 heterocycles. The summed E-state index contributed by atoms with van der Waals surface area (Å²) in [5.41, 5.74) is -1.06. The zero-order valence-corrected chi connectivity index (χ0v) is 24.7. The van der Waals surface area contributed by atoms with E-state index in [1.165, 1.54) is 6.42 Å². The maximum atomic E-state index is 14.5. The van der Waals surface area contributed by atoms with Gasteiger partial charge in [-0.2, -0.15) is 0 Å². The van der Waals surface area contributed by atoms with Gasteiger partial charge >= 0.3 is 5.97 Å². The third-order valence-corrected chi connectivity index (χ3v) is 9.87. The van der Waals surface area contributed by atoms with E-state index in [1.807, 2.05) is 11.0 Å². The average molecular weight is 610 g/mol. The van der Waals surface area contributed by atoms with Crippen LogP contribution in [0, 0.1) is 11.8 Å². The summed E-state index contributed by atoms with van der Waals surface area (Å²) in [6.07, 6.45) is 13.3. The molecule has 1 N–H and O–H groups in total. The molecule has 4 rings (SSSR count). The predicted molar refractivity (Wildman–Crippen MR) is 152 cm³/mol. The maximum Gasteiger partial charge on any atom is 0.312 e. The van der Waals surface area contributed by atoms with Gasteiger partial charge < -0.3 is 24.4 Å². The van der Waals surface area contributed by atoms with Crippen LogP contribution in [0.2, 0.25) is 0 Å². The number of allylic oxidation sites excluding steroid dienone is 1. The number of amides is 2. The topological polar surface area (TPSA) is 96.4 Å². The first kappa shape index (κ1) is 30.3. The molecule has 2 bridgehead atoms. The number of carbonyl (C=O) groups excluding carboxylic acids is 3. The van der Waals surface area contributed by atoms with Crippen molar-refractivity contribution in [1.82, 2.24) is 9.80 Å². The zero-order valence-electron chi connectivity index (χ0n) is 23.1. The lowest BCUT2D eigenvalue weighted by molar-refractivity contribution is -0.155. The van der Waals surface area contributed by atoms with Crippen LogP contribution in [0.4, 0.5) is 0 Å². The van der Waals surface area contributed by atoms with Crippen molar-refractivity contribution in [3.63, 3.8) is 0 Å². The molecule has 4 aliphatic rings. The number of aliphatic hydroxyl groups is 1. The molecule has 218 valence electrons. The number of rotatable bonds is 15. The normalized spacial score (nSPS) is 31.8. The highest BCUT2D eigenvalue weighted by molar-refractivity contribution is 9.09. The monoisotopic (exact) mass is 608 g/mol. The number of nitrogens with zero attached hydrogens (tertiary/aromatic N) is 2. The van der Waals surface area contributed by atoms with E-state index in [0.29, 0.717) is 39.0 Å². The first-order valence-electron chi connectivity index (χ1n) is 14.8. The van der Waals surface area contributed by atoms with Crippen LogP contribution < -0.4 is 0 Å². The van der Waals surface area contributed by atoms with Gasteiger partial charge in [0.1, 0.15) is 11.6 Å². The van der Waals surface area contributed by atoms with Crippen molar-refractivity contribution in [3.05, 3.63) is 25.3 Å². The maximum absolute atomic E-state index is 14.5. The Morgan fingerprint density at radius 1 is 1.13 bits per heavy atom. The molecule has 0 aromatic carbocycles. The van der Waals surface area contributed by atoms with Gasteiger partial charge in [0.05, 0.1) is 24.5 Å². The van der Waals surface area contributed by atoms with Crippen LogP contribution in [-0.2, 0) is 23.9 Å². The number of hydrogen-bond donors (Lipinski definition) is 1. The Labute approximate surface area is 241 Å². The molecule has 9 heteroatoms. The second-order valence-electron chi connectivity index (χ2n) is 11.5. The number of carbonyl (C=O) groups is 3. The molecule has 3 saturated heterocycles. The highest BCUT2D eigenvalue weighted by atomic mass is 79.9. The summed E-state index contributed by atoms with van der Waals surface area (Å²) < 4.78 is 12.3. The molecule has 0 aromatic heterocycles. The summed E-state index contributed by atoms with van der Waals surface area (Å²) in [6.45, 7) is 8.84. The Morgan fingerprint density at radius 2 is 1.90 bits per heavy atom.